The van der Waals surface area contributed by atoms with Gasteiger partial charge in [0, 0.05) is 27.7 Å². The molecule has 2 aromatic rings. The number of hydrogen-bond donors (Lipinski definition) is 2. The molecule has 1 heterocycles. The van der Waals surface area contributed by atoms with Gasteiger partial charge in [-0.05, 0) is 36.8 Å². The van der Waals surface area contributed by atoms with Gasteiger partial charge >= 0.3 is 0 Å². The van der Waals surface area contributed by atoms with Crippen LogP contribution in [0, 0.1) is 0 Å². The largest absolute Gasteiger partial charge is 0.385 e. The fourth-order valence-electron chi connectivity index (χ4n) is 2.02. The quantitative estimate of drug-likeness (QED) is 0.898. The van der Waals surface area contributed by atoms with Gasteiger partial charge in [-0.3, -0.25) is 0 Å². The van der Waals surface area contributed by atoms with Gasteiger partial charge in [-0.15, -0.1) is 0 Å². The van der Waals surface area contributed by atoms with E-state index in [1.54, 1.807) is 25.3 Å². The molecular formula is C14H14BrClN2O. The second-order valence-electron chi connectivity index (χ2n) is 4.66. The topological polar surface area (TPSA) is 59.1 Å². The summed E-state index contributed by atoms with van der Waals surface area (Å²) >= 11 is 9.53. The van der Waals surface area contributed by atoms with E-state index in [2.05, 4.69) is 20.9 Å². The minimum atomic E-state index is -1.06. The summed E-state index contributed by atoms with van der Waals surface area (Å²) < 4.78 is 0.880. The lowest BCUT2D eigenvalue weighted by molar-refractivity contribution is 0.0577. The summed E-state index contributed by atoms with van der Waals surface area (Å²) in [7, 11) is 0. The Labute approximate surface area is 125 Å². The molecule has 1 aromatic heterocycles. The second-order valence-corrected chi connectivity index (χ2v) is 5.99. The van der Waals surface area contributed by atoms with E-state index < -0.39 is 5.60 Å². The van der Waals surface area contributed by atoms with Crippen molar-refractivity contribution in [3.8, 4) is 0 Å². The Hall–Kier alpha value is -1.10. The van der Waals surface area contributed by atoms with E-state index in [-0.39, 0.29) is 0 Å². The molecule has 0 bridgehead atoms. The first-order chi connectivity index (χ1) is 8.88. The van der Waals surface area contributed by atoms with Gasteiger partial charge in [0.2, 0.25) is 0 Å². The molecule has 5 heteroatoms. The summed E-state index contributed by atoms with van der Waals surface area (Å²) in [5.41, 5.74) is 6.18. The van der Waals surface area contributed by atoms with Crippen LogP contribution in [0.15, 0.2) is 41.0 Å². The van der Waals surface area contributed by atoms with Gasteiger partial charge in [-0.25, -0.2) is 4.98 Å². The van der Waals surface area contributed by atoms with Crippen molar-refractivity contribution < 1.29 is 5.11 Å². The standard InChI is InChI=1S/C14H14BrClN2O/c1-14(19,8-9-4-5-18-13(17)6-9)11-3-2-10(15)7-12(11)16/h2-7,19H,8H2,1H3,(H2,17,18). The summed E-state index contributed by atoms with van der Waals surface area (Å²) in [4.78, 5) is 3.94. The molecule has 3 nitrogen and oxygen atoms in total. The minimum absolute atomic E-state index is 0.418. The van der Waals surface area contributed by atoms with Gasteiger partial charge in [0.15, 0.2) is 0 Å². The van der Waals surface area contributed by atoms with Crippen molar-refractivity contribution in [1.29, 1.82) is 0 Å². The summed E-state index contributed by atoms with van der Waals surface area (Å²) in [5.74, 6) is 0.440. The Balaban J connectivity index is 2.31. The highest BCUT2D eigenvalue weighted by molar-refractivity contribution is 9.10. The molecule has 0 saturated carbocycles. The van der Waals surface area contributed by atoms with Gasteiger partial charge in [0.05, 0.1) is 5.60 Å². The highest BCUT2D eigenvalue weighted by atomic mass is 79.9. The molecular weight excluding hydrogens is 328 g/mol. The van der Waals surface area contributed by atoms with Crippen molar-refractivity contribution in [1.82, 2.24) is 4.98 Å². The van der Waals surface area contributed by atoms with Crippen LogP contribution in [0.5, 0.6) is 0 Å². The number of nitrogen functional groups attached to an aromatic ring is 1. The van der Waals surface area contributed by atoms with Crippen molar-refractivity contribution in [3.05, 3.63) is 57.2 Å². The molecule has 0 aliphatic heterocycles. The molecule has 2 rings (SSSR count). The Morgan fingerprint density at radius 3 is 2.74 bits per heavy atom. The summed E-state index contributed by atoms with van der Waals surface area (Å²) in [5, 5.41) is 11.2. The lowest BCUT2D eigenvalue weighted by Crippen LogP contribution is -2.24. The first-order valence-corrected chi connectivity index (χ1v) is 6.94. The fourth-order valence-corrected chi connectivity index (χ4v) is 2.90. The number of hydrogen-bond acceptors (Lipinski definition) is 3. The van der Waals surface area contributed by atoms with Crippen LogP contribution < -0.4 is 5.73 Å². The van der Waals surface area contributed by atoms with Crippen LogP contribution in [0.25, 0.3) is 0 Å². The number of rotatable bonds is 3. The third kappa shape index (κ3) is 3.47. The van der Waals surface area contributed by atoms with E-state index in [9.17, 15) is 5.11 Å². The maximum absolute atomic E-state index is 10.6. The number of pyridine rings is 1. The van der Waals surface area contributed by atoms with Crippen LogP contribution in [-0.2, 0) is 12.0 Å². The molecule has 0 spiro atoms. The van der Waals surface area contributed by atoms with Gasteiger partial charge < -0.3 is 10.8 Å². The number of aromatic nitrogens is 1. The van der Waals surface area contributed by atoms with Crippen molar-refractivity contribution in [2.75, 3.05) is 5.73 Å². The van der Waals surface area contributed by atoms with E-state index in [0.717, 1.165) is 10.0 Å². The summed E-state index contributed by atoms with van der Waals surface area (Å²) in [6.07, 6.45) is 2.05. The van der Waals surface area contributed by atoms with Crippen LogP contribution in [0.1, 0.15) is 18.1 Å². The van der Waals surface area contributed by atoms with Crippen molar-refractivity contribution in [3.63, 3.8) is 0 Å². The molecule has 0 aliphatic carbocycles. The van der Waals surface area contributed by atoms with E-state index in [1.165, 1.54) is 0 Å². The molecule has 0 amide bonds. The van der Waals surface area contributed by atoms with Crippen LogP contribution >= 0.6 is 27.5 Å². The van der Waals surface area contributed by atoms with Crippen molar-refractivity contribution in [2.45, 2.75) is 18.9 Å². The first-order valence-electron chi connectivity index (χ1n) is 5.77. The molecule has 19 heavy (non-hydrogen) atoms. The Morgan fingerprint density at radius 1 is 1.37 bits per heavy atom. The summed E-state index contributed by atoms with van der Waals surface area (Å²) in [6, 6.07) is 9.03. The highest BCUT2D eigenvalue weighted by Crippen LogP contribution is 2.33. The Bertz CT molecular complexity index is 602. The van der Waals surface area contributed by atoms with Crippen LogP contribution in [-0.4, -0.2) is 10.1 Å². The maximum Gasteiger partial charge on any atom is 0.123 e. The smallest absolute Gasteiger partial charge is 0.123 e. The molecule has 0 saturated heterocycles. The predicted octanol–water partition coefficient (Wildman–Crippen LogP) is 3.53. The van der Waals surface area contributed by atoms with E-state index in [1.807, 2.05) is 18.2 Å². The Kier molecular flexibility index (Phi) is 4.13. The zero-order chi connectivity index (χ0) is 14.0. The van der Waals surface area contributed by atoms with Crippen LogP contribution in [0.3, 0.4) is 0 Å². The number of nitrogens with two attached hydrogens (primary N) is 1. The normalized spacial score (nSPS) is 14.1. The van der Waals surface area contributed by atoms with Gasteiger partial charge in [0.25, 0.3) is 0 Å². The van der Waals surface area contributed by atoms with Crippen LogP contribution in [0.2, 0.25) is 5.02 Å². The monoisotopic (exact) mass is 340 g/mol. The predicted molar refractivity (Wildman–Crippen MR) is 81.1 cm³/mol. The van der Waals surface area contributed by atoms with Gasteiger partial charge in [-0.2, -0.15) is 0 Å². The molecule has 1 atom stereocenters. The van der Waals surface area contributed by atoms with Crippen LogP contribution in [0.4, 0.5) is 5.82 Å². The lowest BCUT2D eigenvalue weighted by atomic mass is 9.89. The molecule has 1 aromatic carbocycles. The fraction of sp³-hybridized carbons (Fsp3) is 0.214. The van der Waals surface area contributed by atoms with E-state index >= 15 is 0 Å². The summed E-state index contributed by atoms with van der Waals surface area (Å²) in [6.45, 7) is 1.73. The van der Waals surface area contributed by atoms with E-state index in [4.69, 9.17) is 17.3 Å². The maximum atomic E-state index is 10.6. The highest BCUT2D eigenvalue weighted by Gasteiger charge is 2.26. The number of aliphatic hydroxyl groups is 1. The van der Waals surface area contributed by atoms with Crippen molar-refractivity contribution in [2.24, 2.45) is 0 Å². The zero-order valence-corrected chi connectivity index (χ0v) is 12.7. The number of halogens is 2. The number of anilines is 1. The lowest BCUT2D eigenvalue weighted by Gasteiger charge is -2.25. The average molecular weight is 342 g/mol. The first kappa shape index (κ1) is 14.3. The third-order valence-electron chi connectivity index (χ3n) is 2.91. The molecule has 0 radical (unpaired) electrons. The average Bonchev–Trinajstić information content (AvgIpc) is 2.27. The zero-order valence-electron chi connectivity index (χ0n) is 10.4. The molecule has 0 fully saturated rings. The van der Waals surface area contributed by atoms with E-state index in [0.29, 0.717) is 22.8 Å². The number of benzene rings is 1. The number of nitrogens with zero attached hydrogens (tertiary/aromatic N) is 1. The second kappa shape index (κ2) is 5.49. The molecule has 1 unspecified atom stereocenters. The van der Waals surface area contributed by atoms with Gasteiger partial charge in [0.1, 0.15) is 5.82 Å². The SMILES string of the molecule is CC(O)(Cc1ccnc(N)c1)c1ccc(Br)cc1Cl. The molecule has 0 aliphatic rings. The van der Waals surface area contributed by atoms with Gasteiger partial charge in [-0.1, -0.05) is 33.6 Å². The Morgan fingerprint density at radius 2 is 2.11 bits per heavy atom. The molecule has 100 valence electrons. The third-order valence-corrected chi connectivity index (χ3v) is 3.71. The minimum Gasteiger partial charge on any atom is -0.385 e. The van der Waals surface area contributed by atoms with Crippen molar-refractivity contribution >= 4 is 33.3 Å². The molecule has 3 N–H and O–H groups in total.